The third kappa shape index (κ3) is 5.68. The van der Waals surface area contributed by atoms with E-state index in [2.05, 4.69) is 22.1 Å². The molecule has 9 heteroatoms. The third-order valence-corrected chi connectivity index (χ3v) is 6.26. The minimum Gasteiger partial charge on any atom is -0.485 e. The monoisotopic (exact) mass is 498 g/mol. The molecule has 3 aromatic carbocycles. The molecule has 33 heavy (non-hydrogen) atoms. The second-order valence-electron chi connectivity index (χ2n) is 7.03. The molecule has 0 saturated carbocycles. The summed E-state index contributed by atoms with van der Waals surface area (Å²) >= 11 is 13.3. The van der Waals surface area contributed by atoms with E-state index in [1.165, 1.54) is 11.8 Å². The van der Waals surface area contributed by atoms with E-state index in [0.29, 0.717) is 33.3 Å². The normalized spacial score (nSPS) is 10.8. The third-order valence-electron chi connectivity index (χ3n) is 4.75. The Morgan fingerprint density at radius 1 is 1.12 bits per heavy atom. The molecule has 1 N–H and O–H groups in total. The second kappa shape index (κ2) is 10.7. The molecule has 1 heterocycles. The molecule has 0 unspecified atom stereocenters. The van der Waals surface area contributed by atoms with Crippen LogP contribution >= 0.6 is 35.0 Å². The van der Waals surface area contributed by atoms with Crippen molar-refractivity contribution in [2.45, 2.75) is 18.3 Å². The first-order valence-corrected chi connectivity index (χ1v) is 11.8. The Kier molecular flexibility index (Phi) is 7.54. The Bertz CT molecular complexity index is 1300. The van der Waals surface area contributed by atoms with Crippen LogP contribution in [-0.4, -0.2) is 26.4 Å². The first-order chi connectivity index (χ1) is 16.0. The van der Waals surface area contributed by atoms with Crippen molar-refractivity contribution >= 4 is 57.3 Å². The van der Waals surface area contributed by atoms with Crippen LogP contribution in [0.5, 0.6) is 5.75 Å². The summed E-state index contributed by atoms with van der Waals surface area (Å²) in [5, 5.41) is 14.9. The molecule has 0 aliphatic rings. The molecule has 0 saturated heterocycles. The zero-order chi connectivity index (χ0) is 23.2. The van der Waals surface area contributed by atoms with Crippen LogP contribution in [0.2, 0.25) is 10.0 Å². The Hall–Kier alpha value is -3.00. The number of ether oxygens (including phenoxy) is 1. The molecule has 0 bridgehead atoms. The van der Waals surface area contributed by atoms with Gasteiger partial charge >= 0.3 is 0 Å². The highest BCUT2D eigenvalue weighted by molar-refractivity contribution is 7.99. The van der Waals surface area contributed by atoms with Crippen molar-refractivity contribution in [1.82, 2.24) is 14.8 Å². The van der Waals surface area contributed by atoms with Gasteiger partial charge in [-0.05, 0) is 29.7 Å². The summed E-state index contributed by atoms with van der Waals surface area (Å²) in [7, 11) is 0. The SMILES string of the molecule is C=CCn1c(COc2cccc3ccccc23)nnc1SCC(=O)Nc1ccc(Cl)cc1Cl. The van der Waals surface area contributed by atoms with Gasteiger partial charge in [0.05, 0.1) is 16.5 Å². The van der Waals surface area contributed by atoms with Crippen LogP contribution in [0.25, 0.3) is 10.8 Å². The number of amides is 1. The zero-order valence-electron chi connectivity index (χ0n) is 17.5. The Morgan fingerprint density at radius 3 is 2.76 bits per heavy atom. The minimum atomic E-state index is -0.217. The number of aromatic nitrogens is 3. The number of nitrogens with zero attached hydrogens (tertiary/aromatic N) is 3. The summed E-state index contributed by atoms with van der Waals surface area (Å²) < 4.78 is 7.94. The van der Waals surface area contributed by atoms with Crippen LogP contribution in [0, 0.1) is 0 Å². The lowest BCUT2D eigenvalue weighted by Crippen LogP contribution is -2.15. The van der Waals surface area contributed by atoms with Crippen LogP contribution in [0.4, 0.5) is 5.69 Å². The van der Waals surface area contributed by atoms with E-state index in [4.69, 9.17) is 27.9 Å². The molecule has 1 amide bonds. The van der Waals surface area contributed by atoms with E-state index in [1.807, 2.05) is 47.0 Å². The lowest BCUT2D eigenvalue weighted by Gasteiger charge is -2.11. The van der Waals surface area contributed by atoms with Crippen molar-refractivity contribution in [3.8, 4) is 5.75 Å². The Labute approximate surface area is 205 Å². The molecule has 4 aromatic rings. The number of fused-ring (bicyclic) bond motifs is 1. The molecule has 0 aliphatic carbocycles. The number of carbonyl (C=O) groups is 1. The van der Waals surface area contributed by atoms with Gasteiger partial charge in [0, 0.05) is 17.0 Å². The lowest BCUT2D eigenvalue weighted by atomic mass is 10.1. The summed E-state index contributed by atoms with van der Waals surface area (Å²) in [5.74, 6) is 1.34. The van der Waals surface area contributed by atoms with Crippen molar-refractivity contribution in [2.75, 3.05) is 11.1 Å². The van der Waals surface area contributed by atoms with Gasteiger partial charge in [0.15, 0.2) is 11.0 Å². The van der Waals surface area contributed by atoms with Gasteiger partial charge in [-0.1, -0.05) is 77.4 Å². The minimum absolute atomic E-state index is 0.137. The predicted molar refractivity (Wildman–Crippen MR) is 134 cm³/mol. The maximum Gasteiger partial charge on any atom is 0.234 e. The Balaban J connectivity index is 1.43. The predicted octanol–water partition coefficient (Wildman–Crippen LogP) is 6.23. The second-order valence-corrected chi connectivity index (χ2v) is 8.81. The highest BCUT2D eigenvalue weighted by atomic mass is 35.5. The van der Waals surface area contributed by atoms with E-state index in [-0.39, 0.29) is 18.3 Å². The number of hydrogen-bond donors (Lipinski definition) is 1. The van der Waals surface area contributed by atoms with Gasteiger partial charge in [0.1, 0.15) is 12.4 Å². The zero-order valence-corrected chi connectivity index (χ0v) is 19.8. The lowest BCUT2D eigenvalue weighted by molar-refractivity contribution is -0.113. The number of allylic oxidation sites excluding steroid dienone is 1. The van der Waals surface area contributed by atoms with Crippen molar-refractivity contribution in [1.29, 1.82) is 0 Å². The molecule has 0 fully saturated rings. The molecule has 0 atom stereocenters. The van der Waals surface area contributed by atoms with Gasteiger partial charge in [-0.15, -0.1) is 16.8 Å². The fourth-order valence-electron chi connectivity index (χ4n) is 3.22. The topological polar surface area (TPSA) is 69.0 Å². The number of thioether (sulfide) groups is 1. The number of nitrogens with one attached hydrogen (secondary N) is 1. The summed E-state index contributed by atoms with van der Waals surface area (Å²) in [6.07, 6.45) is 1.75. The summed E-state index contributed by atoms with van der Waals surface area (Å²) in [5.41, 5.74) is 0.503. The van der Waals surface area contributed by atoms with Crippen LogP contribution in [0.1, 0.15) is 5.82 Å². The summed E-state index contributed by atoms with van der Waals surface area (Å²) in [6, 6.07) is 18.9. The van der Waals surface area contributed by atoms with Gasteiger partial charge < -0.3 is 10.1 Å². The largest absolute Gasteiger partial charge is 0.485 e. The quantitative estimate of drug-likeness (QED) is 0.218. The van der Waals surface area contributed by atoms with Gasteiger partial charge in [-0.25, -0.2) is 0 Å². The van der Waals surface area contributed by atoms with Gasteiger partial charge in [0.2, 0.25) is 5.91 Å². The van der Waals surface area contributed by atoms with E-state index < -0.39 is 0 Å². The van der Waals surface area contributed by atoms with Crippen LogP contribution in [0.15, 0.2) is 78.5 Å². The molecule has 1 aromatic heterocycles. The maximum atomic E-state index is 12.4. The summed E-state index contributed by atoms with van der Waals surface area (Å²) in [4.78, 5) is 12.4. The van der Waals surface area contributed by atoms with Crippen molar-refractivity contribution < 1.29 is 9.53 Å². The first kappa shape index (κ1) is 23.2. The van der Waals surface area contributed by atoms with Crippen LogP contribution < -0.4 is 10.1 Å². The average molecular weight is 499 g/mol. The number of rotatable bonds is 9. The number of hydrogen-bond acceptors (Lipinski definition) is 5. The van der Waals surface area contributed by atoms with E-state index in [1.54, 1.807) is 24.3 Å². The van der Waals surface area contributed by atoms with Crippen molar-refractivity contribution in [3.63, 3.8) is 0 Å². The van der Waals surface area contributed by atoms with Gasteiger partial charge in [-0.3, -0.25) is 9.36 Å². The number of benzene rings is 3. The molecule has 6 nitrogen and oxygen atoms in total. The van der Waals surface area contributed by atoms with E-state index in [9.17, 15) is 4.79 Å². The molecule has 168 valence electrons. The molecule has 4 rings (SSSR count). The molecule has 0 radical (unpaired) electrons. The molecule has 0 aliphatic heterocycles. The van der Waals surface area contributed by atoms with Gasteiger partial charge in [0.25, 0.3) is 0 Å². The fraction of sp³-hybridized carbons (Fsp3) is 0.125. The van der Waals surface area contributed by atoms with Gasteiger partial charge in [-0.2, -0.15) is 0 Å². The molecule has 0 spiro atoms. The average Bonchev–Trinajstić information content (AvgIpc) is 3.20. The van der Waals surface area contributed by atoms with E-state index in [0.717, 1.165) is 16.5 Å². The maximum absolute atomic E-state index is 12.4. The Morgan fingerprint density at radius 2 is 1.94 bits per heavy atom. The smallest absolute Gasteiger partial charge is 0.234 e. The highest BCUT2D eigenvalue weighted by Gasteiger charge is 2.15. The molecular weight excluding hydrogens is 479 g/mol. The van der Waals surface area contributed by atoms with Crippen molar-refractivity contribution in [2.24, 2.45) is 0 Å². The highest BCUT2D eigenvalue weighted by Crippen LogP contribution is 2.27. The van der Waals surface area contributed by atoms with Crippen LogP contribution in [-0.2, 0) is 17.9 Å². The van der Waals surface area contributed by atoms with Crippen LogP contribution in [0.3, 0.4) is 0 Å². The first-order valence-electron chi connectivity index (χ1n) is 10.1. The fourth-order valence-corrected chi connectivity index (χ4v) is 4.44. The standard InChI is InChI=1S/C24H20Cl2N4O2S/c1-2-12-30-22(14-32-21-9-5-7-16-6-3-4-8-18(16)21)28-29-24(30)33-15-23(31)27-20-11-10-17(25)13-19(20)26/h2-11,13H,1,12,14-15H2,(H,27,31). The summed E-state index contributed by atoms with van der Waals surface area (Å²) in [6.45, 7) is 4.55. The number of anilines is 1. The number of carbonyl (C=O) groups excluding carboxylic acids is 1. The van der Waals surface area contributed by atoms with Crippen molar-refractivity contribution in [3.05, 3.63) is 89.2 Å². The van der Waals surface area contributed by atoms with E-state index >= 15 is 0 Å². The number of halogens is 2. The molecular formula is C24H20Cl2N4O2S.